The minimum atomic E-state index is -0.110. The number of nitrogens with one attached hydrogen (secondary N) is 1. The van der Waals surface area contributed by atoms with Gasteiger partial charge in [0.25, 0.3) is 0 Å². The van der Waals surface area contributed by atoms with Crippen LogP contribution in [0.15, 0.2) is 49.3 Å². The summed E-state index contributed by atoms with van der Waals surface area (Å²) in [6, 6.07) is 7.77. The van der Waals surface area contributed by atoms with Crippen LogP contribution in [0.2, 0.25) is 5.02 Å². The van der Waals surface area contributed by atoms with Crippen LogP contribution in [0.4, 0.5) is 0 Å². The van der Waals surface area contributed by atoms with Gasteiger partial charge in [0.2, 0.25) is 11.8 Å². The van der Waals surface area contributed by atoms with E-state index in [9.17, 15) is 9.59 Å². The van der Waals surface area contributed by atoms with Crippen molar-refractivity contribution in [2.75, 3.05) is 13.1 Å². The number of rotatable bonds is 6. The first-order chi connectivity index (χ1) is 15.3. The Balaban J connectivity index is 1.67. The van der Waals surface area contributed by atoms with E-state index >= 15 is 0 Å². The largest absolute Gasteiger partial charge is 0.348 e. The summed E-state index contributed by atoms with van der Waals surface area (Å²) in [5, 5.41) is 4.68. The molecule has 3 aromatic rings. The quantitative estimate of drug-likeness (QED) is 0.569. The molecule has 6 nitrogen and oxygen atoms in total. The van der Waals surface area contributed by atoms with Gasteiger partial charge in [-0.15, -0.1) is 0 Å². The average Bonchev–Trinajstić information content (AvgIpc) is 3.00. The summed E-state index contributed by atoms with van der Waals surface area (Å²) in [4.78, 5) is 30.5. The van der Waals surface area contributed by atoms with Crippen molar-refractivity contribution in [3.63, 3.8) is 0 Å². The maximum Gasteiger partial charge on any atom is 0.246 e. The number of nitrogens with zero attached hydrogens (tertiary/aromatic N) is 3. The van der Waals surface area contributed by atoms with Gasteiger partial charge in [-0.05, 0) is 48.7 Å². The molecule has 0 unspecified atom stereocenters. The van der Waals surface area contributed by atoms with E-state index in [2.05, 4.69) is 30.7 Å². The molecule has 32 heavy (non-hydrogen) atoms. The van der Waals surface area contributed by atoms with E-state index in [1.807, 2.05) is 48.1 Å². The Labute approximate surface area is 192 Å². The summed E-state index contributed by atoms with van der Waals surface area (Å²) in [7, 11) is 0. The summed E-state index contributed by atoms with van der Waals surface area (Å²) in [6.45, 7) is 11.1. The number of hydrogen-bond donors (Lipinski definition) is 1. The lowest BCUT2D eigenvalue weighted by Crippen LogP contribution is -2.61. The van der Waals surface area contributed by atoms with Gasteiger partial charge >= 0.3 is 0 Å². The molecule has 0 bridgehead atoms. The molecule has 7 heteroatoms. The number of hydrogen-bond acceptors (Lipinski definition) is 3. The first-order valence-electron chi connectivity index (χ1n) is 10.7. The van der Waals surface area contributed by atoms with E-state index in [-0.39, 0.29) is 24.4 Å². The Kier molecular flexibility index (Phi) is 6.07. The van der Waals surface area contributed by atoms with Crippen molar-refractivity contribution in [3.8, 4) is 11.1 Å². The minimum Gasteiger partial charge on any atom is -0.348 e. The number of amides is 2. The second-order valence-corrected chi connectivity index (χ2v) is 8.97. The zero-order valence-corrected chi connectivity index (χ0v) is 19.3. The molecule has 1 saturated heterocycles. The molecular formula is C25H27ClN4O2. The van der Waals surface area contributed by atoms with Gasteiger partial charge in [0.15, 0.2) is 0 Å². The predicted molar refractivity (Wildman–Crippen MR) is 128 cm³/mol. The van der Waals surface area contributed by atoms with Crippen molar-refractivity contribution >= 4 is 34.3 Å². The van der Waals surface area contributed by atoms with Crippen molar-refractivity contribution in [3.05, 3.63) is 65.6 Å². The second-order valence-electron chi connectivity index (χ2n) is 8.54. The Bertz CT molecular complexity index is 1210. The maximum absolute atomic E-state index is 12.9. The molecule has 0 spiro atoms. The maximum atomic E-state index is 12.9. The van der Waals surface area contributed by atoms with E-state index in [4.69, 9.17) is 11.6 Å². The Morgan fingerprint density at radius 3 is 2.75 bits per heavy atom. The Morgan fingerprint density at radius 1 is 1.31 bits per heavy atom. The van der Waals surface area contributed by atoms with Crippen LogP contribution in [0.25, 0.3) is 22.0 Å². The monoisotopic (exact) mass is 450 g/mol. The lowest BCUT2D eigenvalue weighted by atomic mass is 9.93. The van der Waals surface area contributed by atoms with E-state index < -0.39 is 0 Å². The molecule has 1 aromatic carbocycles. The molecule has 1 N–H and O–H groups in total. The van der Waals surface area contributed by atoms with Crippen molar-refractivity contribution in [1.82, 2.24) is 19.8 Å². The Morgan fingerprint density at radius 2 is 2.06 bits per heavy atom. The minimum absolute atomic E-state index is 0.0340. The molecule has 1 fully saturated rings. The van der Waals surface area contributed by atoms with Crippen molar-refractivity contribution < 1.29 is 9.59 Å². The van der Waals surface area contributed by atoms with Gasteiger partial charge in [-0.3, -0.25) is 14.6 Å². The van der Waals surface area contributed by atoms with E-state index in [1.165, 1.54) is 11.6 Å². The summed E-state index contributed by atoms with van der Waals surface area (Å²) in [5.74, 6) is 0.132. The normalized spacial score (nSPS) is 14.0. The van der Waals surface area contributed by atoms with Crippen molar-refractivity contribution in [1.29, 1.82) is 0 Å². The van der Waals surface area contributed by atoms with Gasteiger partial charge in [0.05, 0.1) is 6.04 Å². The number of aromatic nitrogens is 2. The van der Waals surface area contributed by atoms with Crippen LogP contribution in [-0.4, -0.2) is 45.4 Å². The molecule has 0 radical (unpaired) electrons. The highest BCUT2D eigenvalue weighted by Crippen LogP contribution is 2.39. The topological polar surface area (TPSA) is 67.2 Å². The summed E-state index contributed by atoms with van der Waals surface area (Å²) >= 11 is 6.35. The van der Waals surface area contributed by atoms with Gasteiger partial charge in [0.1, 0.15) is 6.54 Å². The number of carbonyl (C=O) groups is 2. The van der Waals surface area contributed by atoms with Crippen LogP contribution >= 0.6 is 11.6 Å². The molecule has 0 atom stereocenters. The number of benzene rings is 1. The molecular weight excluding hydrogens is 424 g/mol. The fourth-order valence-electron chi connectivity index (χ4n) is 4.41. The molecule has 0 aliphatic carbocycles. The highest BCUT2D eigenvalue weighted by atomic mass is 35.5. The smallest absolute Gasteiger partial charge is 0.246 e. The molecule has 166 valence electrons. The second kappa shape index (κ2) is 8.79. The third-order valence-corrected chi connectivity index (χ3v) is 6.30. The molecule has 2 amide bonds. The molecule has 3 heterocycles. The number of pyridine rings is 1. The third-order valence-electron chi connectivity index (χ3n) is 6.07. The van der Waals surface area contributed by atoms with E-state index in [1.54, 1.807) is 4.90 Å². The van der Waals surface area contributed by atoms with Crippen LogP contribution in [0.3, 0.4) is 0 Å². The highest BCUT2D eigenvalue weighted by Gasteiger charge is 2.30. The third kappa shape index (κ3) is 4.02. The van der Waals surface area contributed by atoms with Crippen LogP contribution in [0.1, 0.15) is 31.0 Å². The number of carbonyl (C=O) groups excluding carboxylic acids is 2. The van der Waals surface area contributed by atoms with Crippen molar-refractivity contribution in [2.24, 2.45) is 0 Å². The predicted octanol–water partition coefficient (Wildman–Crippen LogP) is 4.30. The fraction of sp³-hybridized carbons (Fsp3) is 0.320. The van der Waals surface area contributed by atoms with Crippen LogP contribution in [-0.2, 0) is 16.1 Å². The standard InChI is InChI=1S/C25H27ClN4O2/c1-5-24(32)29-12-18(13-29)28-23(31)14-30-16(4)25(20-10-17(26)6-7-22(20)30)21-11-27-9-8-19(21)15(2)3/h5-11,15,18H,1,12-14H2,2-4H3,(H,28,31). The molecule has 4 rings (SSSR count). The Hall–Kier alpha value is -3.12. The lowest BCUT2D eigenvalue weighted by molar-refractivity contribution is -0.133. The van der Waals surface area contributed by atoms with Gasteiger partial charge in [-0.25, -0.2) is 0 Å². The summed E-state index contributed by atoms with van der Waals surface area (Å²) in [6.07, 6.45) is 5.00. The zero-order chi connectivity index (χ0) is 23.0. The number of fused-ring (bicyclic) bond motifs is 1. The molecule has 1 aliphatic rings. The number of halogens is 1. The van der Waals surface area contributed by atoms with Gasteiger partial charge in [0, 0.05) is 58.2 Å². The van der Waals surface area contributed by atoms with Gasteiger partial charge < -0.3 is 14.8 Å². The summed E-state index contributed by atoms with van der Waals surface area (Å²) in [5.41, 5.74) is 5.26. The average molecular weight is 451 g/mol. The van der Waals surface area contributed by atoms with E-state index in [0.29, 0.717) is 24.0 Å². The first-order valence-corrected chi connectivity index (χ1v) is 11.1. The molecule has 0 saturated carbocycles. The number of likely N-dealkylation sites (tertiary alicyclic amines) is 1. The SMILES string of the molecule is C=CC(=O)N1CC(NC(=O)Cn2c(C)c(-c3cnccc3C(C)C)c3cc(Cl)ccc32)C1. The first kappa shape index (κ1) is 22.1. The van der Waals surface area contributed by atoms with Gasteiger partial charge in [-0.2, -0.15) is 0 Å². The van der Waals surface area contributed by atoms with Crippen LogP contribution in [0, 0.1) is 6.92 Å². The highest BCUT2D eigenvalue weighted by molar-refractivity contribution is 6.31. The van der Waals surface area contributed by atoms with Gasteiger partial charge in [-0.1, -0.05) is 32.0 Å². The fourth-order valence-corrected chi connectivity index (χ4v) is 4.58. The zero-order valence-electron chi connectivity index (χ0n) is 18.6. The molecule has 2 aromatic heterocycles. The lowest BCUT2D eigenvalue weighted by Gasteiger charge is -2.38. The van der Waals surface area contributed by atoms with Crippen molar-refractivity contribution in [2.45, 2.75) is 39.3 Å². The van der Waals surface area contributed by atoms with Crippen LogP contribution < -0.4 is 5.32 Å². The molecule has 1 aliphatic heterocycles. The van der Waals surface area contributed by atoms with Crippen LogP contribution in [0.5, 0.6) is 0 Å². The summed E-state index contributed by atoms with van der Waals surface area (Å²) < 4.78 is 2.03. The van der Waals surface area contributed by atoms with E-state index in [0.717, 1.165) is 27.7 Å².